The molecule has 4 rings (SSSR count). The largest absolute Gasteiger partial charge is 0.356 e. The lowest BCUT2D eigenvalue weighted by atomic mass is 10.0. The molecule has 0 spiro atoms. The van der Waals surface area contributed by atoms with Gasteiger partial charge < -0.3 is 10.2 Å². The third-order valence-corrected chi connectivity index (χ3v) is 5.17. The summed E-state index contributed by atoms with van der Waals surface area (Å²) in [5, 5.41) is 8.20. The number of amides is 1. The van der Waals surface area contributed by atoms with Crippen LogP contribution in [0.3, 0.4) is 0 Å². The van der Waals surface area contributed by atoms with Crippen molar-refractivity contribution in [2.45, 2.75) is 18.9 Å². The Morgan fingerprint density at radius 1 is 1.27 bits per heavy atom. The zero-order chi connectivity index (χ0) is 18.1. The van der Waals surface area contributed by atoms with E-state index in [1.165, 1.54) is 0 Å². The second-order valence-corrected chi connectivity index (χ2v) is 7.41. The lowest BCUT2D eigenvalue weighted by Crippen LogP contribution is -2.45. The minimum Gasteiger partial charge on any atom is -0.356 e. The van der Waals surface area contributed by atoms with Crippen molar-refractivity contribution < 1.29 is 4.79 Å². The maximum absolute atomic E-state index is 12.3. The number of piperidine rings is 1. The van der Waals surface area contributed by atoms with Gasteiger partial charge in [0.05, 0.1) is 17.3 Å². The molecule has 0 aliphatic carbocycles. The molecule has 0 atom stereocenters. The Morgan fingerprint density at radius 3 is 2.81 bits per heavy atom. The Labute approximate surface area is 159 Å². The highest BCUT2D eigenvalue weighted by Gasteiger charge is 2.23. The van der Waals surface area contributed by atoms with Crippen LogP contribution in [-0.4, -0.2) is 44.8 Å². The van der Waals surface area contributed by atoms with Crippen molar-refractivity contribution in [2.75, 3.05) is 18.0 Å². The fraction of sp³-hybridized carbons (Fsp3) is 0.333. The molecule has 1 amide bonds. The van der Waals surface area contributed by atoms with E-state index in [0.29, 0.717) is 5.56 Å². The van der Waals surface area contributed by atoms with Gasteiger partial charge in [0.15, 0.2) is 0 Å². The second kappa shape index (κ2) is 7.03. The number of nitrogens with zero attached hydrogens (tertiary/aromatic N) is 5. The highest BCUT2D eigenvalue weighted by Crippen LogP contribution is 2.28. The molecule has 1 aliphatic rings. The molecular weight excluding hydrogens is 396 g/mol. The molecule has 0 radical (unpaired) electrons. The van der Waals surface area contributed by atoms with Crippen molar-refractivity contribution in [1.29, 1.82) is 0 Å². The van der Waals surface area contributed by atoms with Crippen molar-refractivity contribution in [2.24, 2.45) is 7.05 Å². The van der Waals surface area contributed by atoms with Crippen LogP contribution in [0, 0.1) is 0 Å². The molecule has 0 unspecified atom stereocenters. The van der Waals surface area contributed by atoms with E-state index in [-0.39, 0.29) is 11.9 Å². The number of benzene rings is 1. The molecule has 1 aliphatic heterocycles. The van der Waals surface area contributed by atoms with Crippen LogP contribution in [0.2, 0.25) is 0 Å². The zero-order valence-electron chi connectivity index (χ0n) is 14.4. The van der Waals surface area contributed by atoms with E-state index < -0.39 is 0 Å². The number of aryl methyl sites for hydroxylation is 1. The summed E-state index contributed by atoms with van der Waals surface area (Å²) in [6.45, 7) is 1.69. The molecule has 0 saturated carbocycles. The predicted molar refractivity (Wildman–Crippen MR) is 103 cm³/mol. The molecule has 134 valence electrons. The minimum absolute atomic E-state index is 0.0621. The van der Waals surface area contributed by atoms with Crippen LogP contribution in [0.1, 0.15) is 23.2 Å². The van der Waals surface area contributed by atoms with Gasteiger partial charge in [0.2, 0.25) is 0 Å². The molecule has 8 heteroatoms. The van der Waals surface area contributed by atoms with Crippen molar-refractivity contribution in [3.63, 3.8) is 0 Å². The predicted octanol–water partition coefficient (Wildman–Crippen LogP) is 2.52. The first-order valence-corrected chi connectivity index (χ1v) is 9.34. The van der Waals surface area contributed by atoms with Gasteiger partial charge in [-0.15, -0.1) is 0 Å². The van der Waals surface area contributed by atoms with Crippen LogP contribution >= 0.6 is 15.9 Å². The molecule has 3 aromatic rings. The van der Waals surface area contributed by atoms with Gasteiger partial charge in [-0.25, -0.2) is 9.97 Å². The number of carbonyl (C=O) groups is 1. The van der Waals surface area contributed by atoms with Crippen molar-refractivity contribution in [3.05, 3.63) is 47.0 Å². The minimum atomic E-state index is -0.0621. The first kappa shape index (κ1) is 17.0. The second-order valence-electron chi connectivity index (χ2n) is 6.50. The average molecular weight is 415 g/mol. The van der Waals surface area contributed by atoms with Crippen LogP contribution < -0.4 is 10.2 Å². The fourth-order valence-corrected chi connectivity index (χ4v) is 3.67. The molecule has 2 aromatic heterocycles. The number of carbonyl (C=O) groups excluding carboxylic acids is 1. The Morgan fingerprint density at radius 2 is 2.08 bits per heavy atom. The topological polar surface area (TPSA) is 75.9 Å². The number of anilines is 1. The zero-order valence-corrected chi connectivity index (χ0v) is 16.0. The van der Waals surface area contributed by atoms with Gasteiger partial charge in [0.25, 0.3) is 5.91 Å². The maximum Gasteiger partial charge on any atom is 0.254 e. The summed E-state index contributed by atoms with van der Waals surface area (Å²) in [7, 11) is 1.81. The van der Waals surface area contributed by atoms with Crippen LogP contribution in [0.15, 0.2) is 41.4 Å². The molecule has 26 heavy (non-hydrogen) atoms. The fourth-order valence-electron chi connectivity index (χ4n) is 3.31. The summed E-state index contributed by atoms with van der Waals surface area (Å²) in [6, 6.07) is 6.20. The number of rotatable bonds is 3. The van der Waals surface area contributed by atoms with E-state index in [4.69, 9.17) is 0 Å². The summed E-state index contributed by atoms with van der Waals surface area (Å²) >= 11 is 3.52. The average Bonchev–Trinajstić information content (AvgIpc) is 3.08. The Kier molecular flexibility index (Phi) is 4.58. The van der Waals surface area contributed by atoms with Gasteiger partial charge in [0.1, 0.15) is 12.1 Å². The van der Waals surface area contributed by atoms with Gasteiger partial charge in [-0.1, -0.05) is 15.9 Å². The van der Waals surface area contributed by atoms with Gasteiger partial charge >= 0.3 is 0 Å². The molecule has 1 N–H and O–H groups in total. The monoisotopic (exact) mass is 414 g/mol. The third kappa shape index (κ3) is 3.41. The van der Waals surface area contributed by atoms with Crippen LogP contribution in [0.5, 0.6) is 0 Å². The summed E-state index contributed by atoms with van der Waals surface area (Å²) in [5.41, 5.74) is 1.53. The normalized spacial score (nSPS) is 15.4. The number of hydrogen-bond donors (Lipinski definition) is 1. The number of hydrogen-bond acceptors (Lipinski definition) is 5. The summed E-state index contributed by atoms with van der Waals surface area (Å²) in [6.07, 6.45) is 6.70. The molecule has 3 heterocycles. The lowest BCUT2D eigenvalue weighted by molar-refractivity contribution is 0.0931. The van der Waals surface area contributed by atoms with Crippen LogP contribution in [0.25, 0.3) is 10.9 Å². The summed E-state index contributed by atoms with van der Waals surface area (Å²) < 4.78 is 2.65. The van der Waals surface area contributed by atoms with E-state index in [1.807, 2.05) is 12.1 Å². The van der Waals surface area contributed by atoms with Gasteiger partial charge in [-0.3, -0.25) is 9.48 Å². The smallest absolute Gasteiger partial charge is 0.254 e. The SMILES string of the molecule is Cn1cc(C(=O)NC2CCN(c3ncnc4ccc(Br)cc34)CC2)cn1. The van der Waals surface area contributed by atoms with E-state index in [2.05, 4.69) is 47.3 Å². The Bertz CT molecular complexity index is 948. The van der Waals surface area contributed by atoms with E-state index in [9.17, 15) is 4.79 Å². The summed E-state index contributed by atoms with van der Waals surface area (Å²) in [4.78, 5) is 23.4. The maximum atomic E-state index is 12.3. The number of aromatic nitrogens is 4. The third-order valence-electron chi connectivity index (χ3n) is 4.67. The number of nitrogens with one attached hydrogen (secondary N) is 1. The molecule has 7 nitrogen and oxygen atoms in total. The van der Waals surface area contributed by atoms with Crippen molar-refractivity contribution >= 4 is 38.6 Å². The molecule has 1 fully saturated rings. The number of halogens is 1. The van der Waals surface area contributed by atoms with Gasteiger partial charge in [-0.2, -0.15) is 5.10 Å². The molecule has 1 aromatic carbocycles. The van der Waals surface area contributed by atoms with E-state index in [1.54, 1.807) is 30.5 Å². The van der Waals surface area contributed by atoms with Gasteiger partial charge in [-0.05, 0) is 31.0 Å². The van der Waals surface area contributed by atoms with Gasteiger partial charge in [0, 0.05) is 42.2 Å². The summed E-state index contributed by atoms with van der Waals surface area (Å²) in [5.74, 6) is 0.890. The van der Waals surface area contributed by atoms with Crippen LogP contribution in [-0.2, 0) is 7.05 Å². The van der Waals surface area contributed by atoms with Crippen LogP contribution in [0.4, 0.5) is 5.82 Å². The number of fused-ring (bicyclic) bond motifs is 1. The van der Waals surface area contributed by atoms with Crippen molar-refractivity contribution in [3.8, 4) is 0 Å². The highest BCUT2D eigenvalue weighted by molar-refractivity contribution is 9.10. The molecule has 1 saturated heterocycles. The van der Waals surface area contributed by atoms with Crippen molar-refractivity contribution in [1.82, 2.24) is 25.1 Å². The molecule has 0 bridgehead atoms. The van der Waals surface area contributed by atoms with E-state index in [0.717, 1.165) is 47.1 Å². The molecular formula is C18H19BrN6O. The first-order valence-electron chi connectivity index (χ1n) is 8.55. The first-order chi connectivity index (χ1) is 12.6. The standard InChI is InChI=1S/C18H19BrN6O/c1-24-10-12(9-22-24)18(26)23-14-4-6-25(7-5-14)17-15-8-13(19)2-3-16(15)20-11-21-17/h2-3,8-11,14H,4-7H2,1H3,(H,23,26). The van der Waals surface area contributed by atoms with E-state index >= 15 is 0 Å². The Balaban J connectivity index is 1.44. The highest BCUT2D eigenvalue weighted by atomic mass is 79.9. The quantitative estimate of drug-likeness (QED) is 0.712. The Hall–Kier alpha value is -2.48. The lowest BCUT2D eigenvalue weighted by Gasteiger charge is -2.33.